The Morgan fingerprint density at radius 3 is 1.82 bits per heavy atom. The number of rotatable bonds is 4. The first kappa shape index (κ1) is 19.4. The maximum atomic E-state index is 12.8. The molecule has 0 aromatic heterocycles. The van der Waals surface area contributed by atoms with Gasteiger partial charge in [0.05, 0.1) is 16.1 Å². The second-order valence-electron chi connectivity index (χ2n) is 4.84. The molecule has 1 nitrogen and oxygen atoms in total. The Bertz CT molecular complexity index is 518. The Morgan fingerprint density at radius 2 is 1.50 bits per heavy atom. The van der Waals surface area contributed by atoms with Gasteiger partial charge in [0.2, 0.25) is 0 Å². The molecule has 1 aromatic rings. The molecular weight excluding hydrogens is 346 g/mol. The fourth-order valence-corrected chi connectivity index (χ4v) is 3.70. The summed E-state index contributed by atoms with van der Waals surface area (Å²) < 4.78 is 76.8. The van der Waals surface area contributed by atoms with Crippen LogP contribution < -0.4 is 5.73 Å². The van der Waals surface area contributed by atoms with Crippen LogP contribution in [0.3, 0.4) is 0 Å². The van der Waals surface area contributed by atoms with E-state index in [-0.39, 0.29) is 20.2 Å². The minimum absolute atomic E-state index is 0.0559. The lowest BCUT2D eigenvalue weighted by Crippen LogP contribution is -2.24. The molecule has 0 aliphatic heterocycles. The highest BCUT2D eigenvalue weighted by Crippen LogP contribution is 2.48. The molecule has 4 atom stereocenters. The lowest BCUT2D eigenvalue weighted by atomic mass is 10.0. The van der Waals surface area contributed by atoms with Gasteiger partial charge in [-0.05, 0) is 23.8 Å². The van der Waals surface area contributed by atoms with Gasteiger partial charge in [0, 0.05) is 5.66 Å². The van der Waals surface area contributed by atoms with Crippen molar-refractivity contribution in [3.8, 4) is 0 Å². The summed E-state index contributed by atoms with van der Waals surface area (Å²) in [6.07, 6.45) is -8.30. The van der Waals surface area contributed by atoms with E-state index < -0.39 is 34.2 Å². The summed E-state index contributed by atoms with van der Waals surface area (Å²) in [6, 6.07) is 1.58. The van der Waals surface area contributed by atoms with E-state index in [0.29, 0.717) is 0 Å². The molecule has 2 N–H and O–H groups in total. The molecule has 0 saturated heterocycles. The molecule has 0 amide bonds. The number of hydrogen-bond donors (Lipinski definition) is 1. The van der Waals surface area contributed by atoms with E-state index >= 15 is 0 Å². The normalized spacial score (nSPS) is 17.5. The van der Waals surface area contributed by atoms with Crippen LogP contribution in [0.5, 0.6) is 0 Å². The summed E-state index contributed by atoms with van der Waals surface area (Å²) in [4.78, 5) is 0. The molecular formula is C13H15F6NP2. The van der Waals surface area contributed by atoms with Crippen molar-refractivity contribution in [3.05, 3.63) is 47.5 Å². The third-order valence-corrected chi connectivity index (χ3v) is 5.12. The topological polar surface area (TPSA) is 26.0 Å². The van der Waals surface area contributed by atoms with Crippen LogP contribution in [0, 0.1) is 0 Å². The van der Waals surface area contributed by atoms with Gasteiger partial charge < -0.3 is 5.73 Å². The van der Waals surface area contributed by atoms with Gasteiger partial charge >= 0.3 is 12.4 Å². The van der Waals surface area contributed by atoms with E-state index in [1.807, 2.05) is 0 Å². The number of alkyl halides is 6. The smallest absolute Gasteiger partial charge is 0.316 e. The predicted molar refractivity (Wildman–Crippen MR) is 80.0 cm³/mol. The van der Waals surface area contributed by atoms with E-state index in [9.17, 15) is 26.3 Å². The first-order valence-electron chi connectivity index (χ1n) is 6.04. The fraction of sp³-hybridized carbons (Fsp3) is 0.385. The van der Waals surface area contributed by atoms with E-state index in [2.05, 4.69) is 15.8 Å². The van der Waals surface area contributed by atoms with Crippen LogP contribution in [0.25, 0.3) is 0 Å². The van der Waals surface area contributed by atoms with Gasteiger partial charge in [0.1, 0.15) is 0 Å². The van der Waals surface area contributed by atoms with Crippen LogP contribution in [-0.4, -0.2) is 5.02 Å². The molecule has 22 heavy (non-hydrogen) atoms. The number of benzene rings is 1. The Morgan fingerprint density at radius 1 is 1.09 bits per heavy atom. The summed E-state index contributed by atoms with van der Waals surface area (Å²) in [6.45, 7) is 5.02. The van der Waals surface area contributed by atoms with Gasteiger partial charge in [-0.15, -0.1) is 15.8 Å². The maximum Gasteiger partial charge on any atom is 0.416 e. The molecule has 9 heteroatoms. The molecule has 0 spiro atoms. The van der Waals surface area contributed by atoms with Crippen LogP contribution in [0.1, 0.15) is 29.3 Å². The van der Waals surface area contributed by atoms with Crippen molar-refractivity contribution in [1.29, 1.82) is 0 Å². The second-order valence-corrected chi connectivity index (χ2v) is 8.40. The van der Waals surface area contributed by atoms with Crippen molar-refractivity contribution in [2.75, 3.05) is 0 Å². The van der Waals surface area contributed by atoms with Crippen molar-refractivity contribution >= 4 is 17.8 Å². The van der Waals surface area contributed by atoms with E-state index in [0.717, 1.165) is 12.1 Å². The largest absolute Gasteiger partial charge is 0.416 e. The van der Waals surface area contributed by atoms with E-state index in [1.54, 1.807) is 0 Å². The summed E-state index contributed by atoms with van der Waals surface area (Å²) >= 11 is 0. The van der Waals surface area contributed by atoms with Crippen LogP contribution in [-0.2, 0) is 12.4 Å². The van der Waals surface area contributed by atoms with Crippen LogP contribution >= 0.6 is 17.8 Å². The molecule has 1 rings (SSSR count). The van der Waals surface area contributed by atoms with Gasteiger partial charge in [-0.1, -0.05) is 21.6 Å². The Kier molecular flexibility index (Phi) is 5.70. The van der Waals surface area contributed by atoms with Gasteiger partial charge in [-0.25, -0.2) is 0 Å². The van der Waals surface area contributed by atoms with E-state index in [4.69, 9.17) is 5.73 Å². The van der Waals surface area contributed by atoms with Crippen LogP contribution in [0.15, 0.2) is 30.9 Å². The Hall–Kier alpha value is -0.640. The zero-order valence-corrected chi connectivity index (χ0v) is 13.7. The lowest BCUT2D eigenvalue weighted by Gasteiger charge is -2.25. The van der Waals surface area contributed by atoms with Crippen molar-refractivity contribution in [3.63, 3.8) is 0 Å². The van der Waals surface area contributed by atoms with Gasteiger partial charge in [-0.2, -0.15) is 26.3 Å². The Balaban J connectivity index is 3.32. The van der Waals surface area contributed by atoms with Crippen molar-refractivity contribution in [2.24, 2.45) is 5.73 Å². The van der Waals surface area contributed by atoms with Crippen LogP contribution in [0.2, 0.25) is 0 Å². The minimum Gasteiger partial charge on any atom is -0.316 e. The molecule has 0 bridgehead atoms. The summed E-state index contributed by atoms with van der Waals surface area (Å²) in [5.74, 6) is 0. The number of nitrogens with two attached hydrogens (primary N) is 1. The van der Waals surface area contributed by atoms with Crippen molar-refractivity contribution < 1.29 is 26.3 Å². The zero-order chi connectivity index (χ0) is 17.3. The average Bonchev–Trinajstić information content (AvgIpc) is 2.35. The monoisotopic (exact) mass is 361 g/mol. The highest BCUT2D eigenvalue weighted by molar-refractivity contribution is 7.52. The molecule has 0 saturated carbocycles. The molecule has 124 valence electrons. The highest BCUT2D eigenvalue weighted by atomic mass is 31.1. The lowest BCUT2D eigenvalue weighted by molar-refractivity contribution is -0.143. The average molecular weight is 361 g/mol. The third kappa shape index (κ3) is 5.22. The maximum absolute atomic E-state index is 12.8. The zero-order valence-electron chi connectivity index (χ0n) is 11.5. The standard InChI is InChI=1S/C13H15F6NP2/c1-3-11(20,21)22-7(2)8-4-9(12(14,15)16)6-10(5-8)13(17,18)19/h3-7,22H,1,20-21H2,2H3/t7-,11+/m1/s1. The summed E-state index contributed by atoms with van der Waals surface area (Å²) in [5.41, 5.74) is 2.54. The number of hydrogen-bond acceptors (Lipinski definition) is 1. The second kappa shape index (κ2) is 6.46. The quantitative estimate of drug-likeness (QED) is 0.449. The molecule has 0 aliphatic carbocycles. The first-order valence-corrected chi connectivity index (χ1v) is 7.70. The highest BCUT2D eigenvalue weighted by Gasteiger charge is 2.37. The van der Waals surface area contributed by atoms with Gasteiger partial charge in [0.25, 0.3) is 0 Å². The SMILES string of the molecule is C=C[C@](N)(P)P[C@H](C)c1cc(C(F)(F)F)cc(C(F)(F)F)c1. The molecule has 2 unspecified atom stereocenters. The predicted octanol–water partition coefficient (Wildman–Crippen LogP) is 5.14. The minimum atomic E-state index is -4.85. The van der Waals surface area contributed by atoms with Gasteiger partial charge in [-0.3, -0.25) is 0 Å². The van der Waals surface area contributed by atoms with E-state index in [1.165, 1.54) is 13.0 Å². The molecule has 0 radical (unpaired) electrons. The first-order chi connectivity index (χ1) is 9.76. The molecule has 0 fully saturated rings. The third-order valence-electron chi connectivity index (χ3n) is 2.91. The molecule has 0 heterocycles. The summed E-state index contributed by atoms with van der Waals surface area (Å²) in [7, 11) is 2.14. The van der Waals surface area contributed by atoms with Crippen LogP contribution in [0.4, 0.5) is 26.3 Å². The van der Waals surface area contributed by atoms with Crippen molar-refractivity contribution in [2.45, 2.75) is 30.0 Å². The number of halogens is 6. The molecule has 1 aromatic carbocycles. The van der Waals surface area contributed by atoms with Crippen molar-refractivity contribution in [1.82, 2.24) is 0 Å². The Labute approximate surface area is 128 Å². The fourth-order valence-electron chi connectivity index (χ4n) is 1.75. The van der Waals surface area contributed by atoms with Gasteiger partial charge in [0.15, 0.2) is 0 Å². The molecule has 0 aliphatic rings. The summed E-state index contributed by atoms with van der Waals surface area (Å²) in [5, 5.41) is -0.938.